The second kappa shape index (κ2) is 14.4. The van der Waals surface area contributed by atoms with Crippen molar-refractivity contribution in [1.29, 1.82) is 0 Å². The molecular weight excluding hydrogens is 785 g/mol. The van der Waals surface area contributed by atoms with Crippen LogP contribution in [0.25, 0.3) is 111 Å². The summed E-state index contributed by atoms with van der Waals surface area (Å²) in [5, 5.41) is 27.7. The normalized spacial score (nSPS) is 11.8. The Kier molecular flexibility index (Phi) is 8.04. The summed E-state index contributed by atoms with van der Waals surface area (Å²) in [5.74, 6) is 1.69. The first-order valence-electron chi connectivity index (χ1n) is 21.4. The molecule has 8 aromatic carbocycles. The third kappa shape index (κ3) is 5.56. The van der Waals surface area contributed by atoms with E-state index in [1.807, 2.05) is 30.5 Å². The van der Waals surface area contributed by atoms with Crippen molar-refractivity contribution in [3.8, 4) is 34.2 Å². The molecule has 0 saturated heterocycles. The molecular formula is C56H36N8. The summed E-state index contributed by atoms with van der Waals surface area (Å²) >= 11 is 0. The van der Waals surface area contributed by atoms with Gasteiger partial charge in [0, 0.05) is 67.2 Å². The summed E-state index contributed by atoms with van der Waals surface area (Å²) < 4.78 is 8.79. The van der Waals surface area contributed by atoms with Gasteiger partial charge in [-0.05, 0) is 83.6 Å². The van der Waals surface area contributed by atoms with Gasteiger partial charge in [0.05, 0.1) is 22.1 Å². The summed E-state index contributed by atoms with van der Waals surface area (Å²) in [6.07, 6.45) is 4.11. The maximum atomic E-state index is 4.57. The SMILES string of the molecule is c1cc(-c2nnc3c4ccccc4ccn23)cc(-n2c3ccccc3c3ccccc32)c1.c1ccc2c(c1)ccn1c(-c3ccc(-n4c5ccccc5c5ccccc54)cc3)nnc21. The van der Waals surface area contributed by atoms with Gasteiger partial charge in [0.1, 0.15) is 0 Å². The molecule has 0 radical (unpaired) electrons. The number of hydrogen-bond donors (Lipinski definition) is 0. The molecule has 0 bridgehead atoms. The highest BCUT2D eigenvalue weighted by Crippen LogP contribution is 2.35. The Labute approximate surface area is 366 Å². The smallest absolute Gasteiger partial charge is 0.168 e. The van der Waals surface area contributed by atoms with E-state index in [2.05, 4.69) is 227 Å². The van der Waals surface area contributed by atoms with Gasteiger partial charge >= 0.3 is 0 Å². The van der Waals surface area contributed by atoms with Gasteiger partial charge in [0.2, 0.25) is 0 Å². The first-order valence-corrected chi connectivity index (χ1v) is 21.4. The predicted molar refractivity (Wildman–Crippen MR) is 261 cm³/mol. The number of aromatic nitrogens is 8. The van der Waals surface area contributed by atoms with Crippen LogP contribution in [0.15, 0.2) is 219 Å². The lowest BCUT2D eigenvalue weighted by Crippen LogP contribution is -1.95. The number of para-hydroxylation sites is 4. The van der Waals surface area contributed by atoms with Crippen LogP contribution in [0.2, 0.25) is 0 Å². The van der Waals surface area contributed by atoms with E-state index < -0.39 is 0 Å². The quantitative estimate of drug-likeness (QED) is 0.177. The number of fused-ring (bicyclic) bond motifs is 12. The van der Waals surface area contributed by atoms with Crippen LogP contribution >= 0.6 is 0 Å². The minimum atomic E-state index is 0.841. The molecule has 0 unspecified atom stereocenters. The highest BCUT2D eigenvalue weighted by molar-refractivity contribution is 6.10. The van der Waals surface area contributed by atoms with E-state index in [1.165, 1.54) is 49.0 Å². The third-order valence-electron chi connectivity index (χ3n) is 12.5. The molecule has 0 aliphatic carbocycles. The fourth-order valence-corrected chi connectivity index (χ4v) is 9.57. The molecule has 0 atom stereocenters. The monoisotopic (exact) mass is 820 g/mol. The summed E-state index contributed by atoms with van der Waals surface area (Å²) in [7, 11) is 0. The topological polar surface area (TPSA) is 70.2 Å². The van der Waals surface area contributed by atoms with E-state index in [0.717, 1.165) is 61.6 Å². The van der Waals surface area contributed by atoms with Gasteiger partial charge in [-0.25, -0.2) is 0 Å². The molecule has 0 amide bonds. The largest absolute Gasteiger partial charge is 0.309 e. The molecule has 0 saturated carbocycles. The zero-order chi connectivity index (χ0) is 42.1. The molecule has 0 spiro atoms. The molecule has 0 aliphatic rings. The molecule has 6 aromatic heterocycles. The van der Waals surface area contributed by atoms with Gasteiger partial charge in [-0.1, -0.05) is 133 Å². The van der Waals surface area contributed by atoms with Crippen LogP contribution in [0.3, 0.4) is 0 Å². The summed E-state index contributed by atoms with van der Waals surface area (Å²) in [6, 6.07) is 72.2. The van der Waals surface area contributed by atoms with Crippen molar-refractivity contribution in [1.82, 2.24) is 38.3 Å². The summed E-state index contributed by atoms with van der Waals surface area (Å²) in [6.45, 7) is 0. The Morgan fingerprint density at radius 1 is 0.281 bits per heavy atom. The summed E-state index contributed by atoms with van der Waals surface area (Å²) in [4.78, 5) is 0. The summed E-state index contributed by atoms with van der Waals surface area (Å²) in [5.41, 5.74) is 10.9. The maximum Gasteiger partial charge on any atom is 0.168 e. The fraction of sp³-hybridized carbons (Fsp3) is 0. The van der Waals surface area contributed by atoms with E-state index in [4.69, 9.17) is 0 Å². The van der Waals surface area contributed by atoms with Crippen LogP contribution in [0.1, 0.15) is 0 Å². The lowest BCUT2D eigenvalue weighted by Gasteiger charge is -2.10. The highest BCUT2D eigenvalue weighted by Gasteiger charge is 2.16. The van der Waals surface area contributed by atoms with Gasteiger partial charge in [-0.3, -0.25) is 8.80 Å². The number of nitrogens with zero attached hydrogens (tertiary/aromatic N) is 8. The molecule has 14 aromatic rings. The lowest BCUT2D eigenvalue weighted by molar-refractivity contribution is 1.11. The van der Waals surface area contributed by atoms with Gasteiger partial charge in [-0.2, -0.15) is 0 Å². The Morgan fingerprint density at radius 3 is 1.17 bits per heavy atom. The average molecular weight is 821 g/mol. The number of hydrogen-bond acceptors (Lipinski definition) is 4. The van der Waals surface area contributed by atoms with Crippen molar-refractivity contribution in [3.63, 3.8) is 0 Å². The second-order valence-electron chi connectivity index (χ2n) is 16.1. The first kappa shape index (κ1) is 35.8. The standard InChI is InChI=1S/2C28H18N4/c1-2-11-22-19(8-1)16-17-31-27(29-30-28(22)31)20-9-7-10-21(18-20)32-25-14-5-3-12-23(25)24-13-4-6-15-26(24)32;1-2-8-22-19(7-1)17-18-31-27(29-30-28(22)31)20-13-15-21(16-14-20)32-25-11-5-3-9-23(25)24-10-4-6-12-26(24)32/h2*1-18H. The van der Waals surface area contributed by atoms with E-state index in [-0.39, 0.29) is 0 Å². The minimum Gasteiger partial charge on any atom is -0.309 e. The molecule has 0 fully saturated rings. The minimum absolute atomic E-state index is 0.841. The maximum absolute atomic E-state index is 4.57. The second-order valence-corrected chi connectivity index (χ2v) is 16.1. The van der Waals surface area contributed by atoms with Crippen molar-refractivity contribution in [3.05, 3.63) is 219 Å². The van der Waals surface area contributed by atoms with Crippen molar-refractivity contribution < 1.29 is 0 Å². The average Bonchev–Trinajstić information content (AvgIpc) is 4.16. The van der Waals surface area contributed by atoms with E-state index >= 15 is 0 Å². The molecule has 300 valence electrons. The number of pyridine rings is 2. The Morgan fingerprint density at radius 2 is 0.688 bits per heavy atom. The molecule has 14 rings (SSSR count). The van der Waals surface area contributed by atoms with Gasteiger partial charge in [-0.15, -0.1) is 20.4 Å². The third-order valence-corrected chi connectivity index (χ3v) is 12.5. The molecule has 0 aliphatic heterocycles. The zero-order valence-corrected chi connectivity index (χ0v) is 34.4. The van der Waals surface area contributed by atoms with Crippen molar-refractivity contribution >= 4 is 76.5 Å². The molecule has 0 N–H and O–H groups in total. The van der Waals surface area contributed by atoms with E-state index in [9.17, 15) is 0 Å². The molecule has 6 heterocycles. The van der Waals surface area contributed by atoms with Gasteiger partial charge in [0.25, 0.3) is 0 Å². The Bertz CT molecular complexity index is 3990. The van der Waals surface area contributed by atoms with Crippen LogP contribution in [0.5, 0.6) is 0 Å². The number of rotatable bonds is 4. The Hall–Kier alpha value is -8.88. The van der Waals surface area contributed by atoms with Crippen LogP contribution < -0.4 is 0 Å². The van der Waals surface area contributed by atoms with Crippen molar-refractivity contribution in [2.45, 2.75) is 0 Å². The van der Waals surface area contributed by atoms with E-state index in [0.29, 0.717) is 0 Å². The fourth-order valence-electron chi connectivity index (χ4n) is 9.57. The molecule has 64 heavy (non-hydrogen) atoms. The number of benzene rings is 8. The van der Waals surface area contributed by atoms with Gasteiger partial charge in [0.15, 0.2) is 22.9 Å². The highest BCUT2D eigenvalue weighted by atomic mass is 15.3. The van der Waals surface area contributed by atoms with Crippen molar-refractivity contribution in [2.24, 2.45) is 0 Å². The van der Waals surface area contributed by atoms with E-state index in [1.54, 1.807) is 0 Å². The van der Waals surface area contributed by atoms with Crippen LogP contribution in [0.4, 0.5) is 0 Å². The Balaban J connectivity index is 0.000000129. The first-order chi connectivity index (χ1) is 31.8. The molecule has 8 heteroatoms. The molecule has 8 nitrogen and oxygen atoms in total. The van der Waals surface area contributed by atoms with Gasteiger partial charge < -0.3 is 9.13 Å². The zero-order valence-electron chi connectivity index (χ0n) is 34.4. The van der Waals surface area contributed by atoms with Crippen LogP contribution in [-0.2, 0) is 0 Å². The van der Waals surface area contributed by atoms with Crippen molar-refractivity contribution in [2.75, 3.05) is 0 Å². The van der Waals surface area contributed by atoms with Crippen LogP contribution in [-0.4, -0.2) is 38.3 Å². The van der Waals surface area contributed by atoms with Crippen LogP contribution in [0, 0.1) is 0 Å². The lowest BCUT2D eigenvalue weighted by atomic mass is 10.1. The predicted octanol–water partition coefficient (Wildman–Crippen LogP) is 13.3.